The van der Waals surface area contributed by atoms with Crippen molar-refractivity contribution >= 4 is 28.5 Å². The standard InChI is InChI=1S/C15H16O2SSe/c16-9-13-7-4-8-14(10-17)15(13)19-18-11-12-5-2-1-3-6-12/h1-8,16-17H,9-11H2. The zero-order chi connectivity index (χ0) is 13.5. The van der Waals surface area contributed by atoms with Crippen LogP contribution < -0.4 is 4.46 Å². The van der Waals surface area contributed by atoms with Gasteiger partial charge in [-0.15, -0.1) is 0 Å². The first-order valence-electron chi connectivity index (χ1n) is 6.01. The molecular weight excluding hydrogens is 323 g/mol. The Morgan fingerprint density at radius 2 is 1.47 bits per heavy atom. The van der Waals surface area contributed by atoms with Crippen LogP contribution in [0.3, 0.4) is 0 Å². The Kier molecular flexibility index (Phi) is 5.95. The summed E-state index contributed by atoms with van der Waals surface area (Å²) in [6.45, 7) is 0.0770. The van der Waals surface area contributed by atoms with Crippen molar-refractivity contribution in [1.29, 1.82) is 0 Å². The van der Waals surface area contributed by atoms with Gasteiger partial charge >= 0.3 is 123 Å². The van der Waals surface area contributed by atoms with E-state index in [4.69, 9.17) is 0 Å². The molecule has 0 aliphatic carbocycles. The molecule has 4 heteroatoms. The van der Waals surface area contributed by atoms with Crippen LogP contribution >= 0.6 is 10.2 Å². The molecule has 0 aliphatic heterocycles. The predicted molar refractivity (Wildman–Crippen MR) is 81.4 cm³/mol. The van der Waals surface area contributed by atoms with E-state index < -0.39 is 0 Å². The first-order valence-corrected chi connectivity index (χ1v) is 9.87. The molecule has 0 radical (unpaired) electrons. The first kappa shape index (κ1) is 14.6. The third-order valence-electron chi connectivity index (χ3n) is 2.73. The molecule has 0 aliphatic rings. The Hall–Kier alpha value is -0.771. The Balaban J connectivity index is 2.02. The number of aliphatic hydroxyl groups excluding tert-OH is 2. The zero-order valence-electron chi connectivity index (χ0n) is 10.5. The van der Waals surface area contributed by atoms with Crippen LogP contribution in [0.4, 0.5) is 0 Å². The summed E-state index contributed by atoms with van der Waals surface area (Å²) in [5.41, 5.74) is 3.18. The van der Waals surface area contributed by atoms with Gasteiger partial charge in [-0.3, -0.25) is 0 Å². The fraction of sp³-hybridized carbons (Fsp3) is 0.200. The first-order chi connectivity index (χ1) is 9.35. The van der Waals surface area contributed by atoms with E-state index in [-0.39, 0.29) is 27.0 Å². The van der Waals surface area contributed by atoms with Crippen LogP contribution in [-0.2, 0) is 19.0 Å². The van der Waals surface area contributed by atoms with Gasteiger partial charge in [-0.2, -0.15) is 0 Å². The molecule has 2 rings (SSSR count). The fourth-order valence-electron chi connectivity index (χ4n) is 1.72. The predicted octanol–water partition coefficient (Wildman–Crippen LogP) is 1.85. The topological polar surface area (TPSA) is 40.5 Å². The van der Waals surface area contributed by atoms with Gasteiger partial charge in [-0.05, 0) is 0 Å². The molecule has 0 heterocycles. The van der Waals surface area contributed by atoms with Crippen molar-refractivity contribution in [3.8, 4) is 0 Å². The Labute approximate surface area is 123 Å². The maximum absolute atomic E-state index is 9.37. The van der Waals surface area contributed by atoms with Gasteiger partial charge in [-0.1, -0.05) is 0 Å². The van der Waals surface area contributed by atoms with E-state index >= 15 is 0 Å². The Morgan fingerprint density at radius 3 is 2.05 bits per heavy atom. The molecule has 2 aromatic carbocycles. The average molecular weight is 339 g/mol. The molecule has 2 aromatic rings. The van der Waals surface area contributed by atoms with E-state index in [2.05, 4.69) is 12.1 Å². The maximum atomic E-state index is 9.37. The van der Waals surface area contributed by atoms with Crippen LogP contribution in [0, 0.1) is 0 Å². The second kappa shape index (κ2) is 7.73. The van der Waals surface area contributed by atoms with Crippen LogP contribution in [0.5, 0.6) is 0 Å². The monoisotopic (exact) mass is 340 g/mol. The van der Waals surface area contributed by atoms with E-state index in [1.165, 1.54) is 5.56 Å². The van der Waals surface area contributed by atoms with E-state index in [9.17, 15) is 10.2 Å². The van der Waals surface area contributed by atoms with Gasteiger partial charge in [0.2, 0.25) is 0 Å². The molecule has 2 nitrogen and oxygen atoms in total. The number of hydrogen-bond donors (Lipinski definition) is 2. The van der Waals surface area contributed by atoms with Crippen LogP contribution in [0.1, 0.15) is 16.7 Å². The van der Waals surface area contributed by atoms with E-state index in [0.29, 0.717) is 0 Å². The second-order valence-electron chi connectivity index (χ2n) is 4.05. The summed E-state index contributed by atoms with van der Waals surface area (Å²) in [5, 5.41) is 18.7. The summed E-state index contributed by atoms with van der Waals surface area (Å²) < 4.78 is 1.13. The Morgan fingerprint density at radius 1 is 0.842 bits per heavy atom. The molecule has 0 amide bonds. The molecule has 0 aromatic heterocycles. The molecule has 19 heavy (non-hydrogen) atoms. The summed E-state index contributed by atoms with van der Waals surface area (Å²) in [5.74, 6) is 0.964. The molecule has 0 atom stereocenters. The molecule has 0 spiro atoms. The van der Waals surface area contributed by atoms with Gasteiger partial charge in [0.1, 0.15) is 0 Å². The van der Waals surface area contributed by atoms with Gasteiger partial charge in [0, 0.05) is 0 Å². The van der Waals surface area contributed by atoms with Crippen LogP contribution in [0.25, 0.3) is 0 Å². The van der Waals surface area contributed by atoms with E-state index in [1.807, 2.05) is 46.6 Å². The van der Waals surface area contributed by atoms with Crippen molar-refractivity contribution in [3.63, 3.8) is 0 Å². The quantitative estimate of drug-likeness (QED) is 0.789. The van der Waals surface area contributed by atoms with Crippen molar-refractivity contribution in [2.75, 3.05) is 0 Å². The fourth-order valence-corrected chi connectivity index (χ4v) is 6.32. The van der Waals surface area contributed by atoms with E-state index in [0.717, 1.165) is 21.3 Å². The summed E-state index contributed by atoms with van der Waals surface area (Å²) >= 11 is 0.202. The third-order valence-corrected chi connectivity index (χ3v) is 7.10. The van der Waals surface area contributed by atoms with Gasteiger partial charge in [0.15, 0.2) is 0 Å². The van der Waals surface area contributed by atoms with Crippen LogP contribution in [-0.4, -0.2) is 24.0 Å². The average Bonchev–Trinajstić information content (AvgIpc) is 2.48. The normalized spacial score (nSPS) is 10.6. The van der Waals surface area contributed by atoms with Crippen LogP contribution in [0.15, 0.2) is 48.5 Å². The van der Waals surface area contributed by atoms with Crippen LogP contribution in [0.2, 0.25) is 0 Å². The van der Waals surface area contributed by atoms with Crippen molar-refractivity contribution < 1.29 is 10.2 Å². The van der Waals surface area contributed by atoms with Gasteiger partial charge < -0.3 is 0 Å². The molecule has 0 bridgehead atoms. The number of rotatable bonds is 6. The summed E-state index contributed by atoms with van der Waals surface area (Å²) in [6.07, 6.45) is 0. The van der Waals surface area contributed by atoms with Crippen molar-refractivity contribution in [3.05, 3.63) is 65.2 Å². The molecule has 0 saturated carbocycles. The van der Waals surface area contributed by atoms with Gasteiger partial charge in [-0.25, -0.2) is 0 Å². The number of hydrogen-bond acceptors (Lipinski definition) is 3. The zero-order valence-corrected chi connectivity index (χ0v) is 13.0. The molecule has 2 N–H and O–H groups in total. The molecule has 0 unspecified atom stereocenters. The Bertz CT molecular complexity index is 495. The minimum atomic E-state index is 0.0385. The summed E-state index contributed by atoms with van der Waals surface area (Å²) in [4.78, 5) is 0. The minimum absolute atomic E-state index is 0.0385. The van der Waals surface area contributed by atoms with Crippen molar-refractivity contribution in [2.24, 2.45) is 0 Å². The summed E-state index contributed by atoms with van der Waals surface area (Å²) in [7, 11) is 1.86. The van der Waals surface area contributed by atoms with Gasteiger partial charge in [0.05, 0.1) is 0 Å². The second-order valence-corrected chi connectivity index (χ2v) is 8.13. The SMILES string of the molecule is OCc1cccc(CO)c1[Se]SCc1ccccc1. The molecule has 0 saturated heterocycles. The van der Waals surface area contributed by atoms with Crippen molar-refractivity contribution in [1.82, 2.24) is 0 Å². The van der Waals surface area contributed by atoms with E-state index in [1.54, 1.807) is 0 Å². The molecule has 100 valence electrons. The number of benzene rings is 2. The van der Waals surface area contributed by atoms with Gasteiger partial charge in [0.25, 0.3) is 0 Å². The van der Waals surface area contributed by atoms with Crippen molar-refractivity contribution in [2.45, 2.75) is 19.0 Å². The number of aliphatic hydroxyl groups is 2. The third kappa shape index (κ3) is 4.10. The molecule has 0 fully saturated rings. The summed E-state index contributed by atoms with van der Waals surface area (Å²) in [6, 6.07) is 16.1. The molecular formula is C15H16O2SSe.